The Morgan fingerprint density at radius 3 is 2.62 bits per heavy atom. The lowest BCUT2D eigenvalue weighted by Gasteiger charge is -2.14. The van der Waals surface area contributed by atoms with Crippen LogP contribution in [0.25, 0.3) is 0 Å². The molecule has 0 aromatic heterocycles. The van der Waals surface area contributed by atoms with Crippen LogP contribution >= 0.6 is 10.7 Å². The molecule has 0 bridgehead atoms. The SMILES string of the molecule is COCCC(C)NC(=O)c1cc(S(=O)(=O)Cl)c(C)cc1F. The summed E-state index contributed by atoms with van der Waals surface area (Å²) in [6.07, 6.45) is 0.552. The molecule has 0 aliphatic heterocycles. The summed E-state index contributed by atoms with van der Waals surface area (Å²) >= 11 is 0. The van der Waals surface area contributed by atoms with Gasteiger partial charge in [-0.25, -0.2) is 12.8 Å². The minimum Gasteiger partial charge on any atom is -0.385 e. The van der Waals surface area contributed by atoms with Gasteiger partial charge in [0.15, 0.2) is 0 Å². The molecule has 8 heteroatoms. The van der Waals surface area contributed by atoms with E-state index in [4.69, 9.17) is 15.4 Å². The Balaban J connectivity index is 3.05. The monoisotopic (exact) mass is 337 g/mol. The number of methoxy groups -OCH3 is 1. The summed E-state index contributed by atoms with van der Waals surface area (Å²) in [6.45, 7) is 3.59. The third kappa shape index (κ3) is 4.94. The summed E-state index contributed by atoms with van der Waals surface area (Å²) in [7, 11) is 2.76. The Bertz CT molecular complexity index is 633. The van der Waals surface area contributed by atoms with Crippen LogP contribution in [0.2, 0.25) is 0 Å². The van der Waals surface area contributed by atoms with Gasteiger partial charge in [-0.1, -0.05) is 0 Å². The zero-order valence-electron chi connectivity index (χ0n) is 11.9. The first-order valence-corrected chi connectivity index (χ1v) is 8.52. The van der Waals surface area contributed by atoms with Crippen LogP contribution in [0.5, 0.6) is 0 Å². The standard InChI is InChI=1S/C13H17ClFNO4S/c1-8-6-11(15)10(7-12(8)21(14,18)19)13(17)16-9(2)4-5-20-3/h6-7,9H,4-5H2,1-3H3,(H,16,17). The predicted molar refractivity (Wildman–Crippen MR) is 77.6 cm³/mol. The number of ether oxygens (including phenoxy) is 1. The van der Waals surface area contributed by atoms with Crippen molar-refractivity contribution in [3.8, 4) is 0 Å². The molecule has 1 amide bonds. The van der Waals surface area contributed by atoms with Crippen LogP contribution in [-0.2, 0) is 13.8 Å². The first-order chi connectivity index (χ1) is 9.66. The molecule has 118 valence electrons. The second-order valence-corrected chi connectivity index (χ2v) is 7.23. The maximum atomic E-state index is 13.8. The molecule has 0 spiro atoms. The molecule has 0 saturated heterocycles. The van der Waals surface area contributed by atoms with Crippen LogP contribution in [0.4, 0.5) is 4.39 Å². The average molecular weight is 338 g/mol. The van der Waals surface area contributed by atoms with Gasteiger partial charge in [0.1, 0.15) is 5.82 Å². The lowest BCUT2D eigenvalue weighted by molar-refractivity contribution is 0.0925. The second kappa shape index (κ2) is 7.20. The number of nitrogens with one attached hydrogen (secondary N) is 1. The number of carbonyl (C=O) groups is 1. The van der Waals surface area contributed by atoms with Gasteiger partial charge >= 0.3 is 0 Å². The Kier molecular flexibility index (Phi) is 6.12. The molecule has 0 saturated carbocycles. The van der Waals surface area contributed by atoms with Crippen molar-refractivity contribution in [3.63, 3.8) is 0 Å². The van der Waals surface area contributed by atoms with Crippen molar-refractivity contribution in [1.82, 2.24) is 5.32 Å². The van der Waals surface area contributed by atoms with E-state index in [1.165, 1.54) is 14.0 Å². The fourth-order valence-corrected chi connectivity index (χ4v) is 2.96. The molecule has 1 rings (SSSR count). The predicted octanol–water partition coefficient (Wildman–Crippen LogP) is 2.22. The molecule has 1 unspecified atom stereocenters. The van der Waals surface area contributed by atoms with Gasteiger partial charge in [0.25, 0.3) is 15.0 Å². The molecular formula is C13H17ClFNO4S. The van der Waals surface area contributed by atoms with Gasteiger partial charge < -0.3 is 10.1 Å². The van der Waals surface area contributed by atoms with Crippen LogP contribution in [-0.4, -0.2) is 34.1 Å². The number of carbonyl (C=O) groups excluding carboxylic acids is 1. The molecular weight excluding hydrogens is 321 g/mol. The van der Waals surface area contributed by atoms with Crippen LogP contribution in [0.3, 0.4) is 0 Å². The van der Waals surface area contributed by atoms with E-state index < -0.39 is 20.8 Å². The highest BCUT2D eigenvalue weighted by Gasteiger charge is 2.21. The zero-order chi connectivity index (χ0) is 16.2. The molecule has 0 fully saturated rings. The number of benzene rings is 1. The highest BCUT2D eigenvalue weighted by atomic mass is 35.7. The molecule has 0 heterocycles. The van der Waals surface area contributed by atoms with Gasteiger partial charge in [-0.3, -0.25) is 4.79 Å². The van der Waals surface area contributed by atoms with E-state index >= 15 is 0 Å². The first-order valence-electron chi connectivity index (χ1n) is 6.21. The lowest BCUT2D eigenvalue weighted by atomic mass is 10.1. The van der Waals surface area contributed by atoms with Gasteiger partial charge in [-0.05, 0) is 38.0 Å². The van der Waals surface area contributed by atoms with Crippen LogP contribution in [0, 0.1) is 12.7 Å². The quantitative estimate of drug-likeness (QED) is 0.808. The fourth-order valence-electron chi connectivity index (χ4n) is 1.76. The van der Waals surface area contributed by atoms with Crippen LogP contribution in [0.15, 0.2) is 17.0 Å². The van der Waals surface area contributed by atoms with Crippen molar-refractivity contribution >= 4 is 25.6 Å². The largest absolute Gasteiger partial charge is 0.385 e. The number of hydrogen-bond donors (Lipinski definition) is 1. The Morgan fingerprint density at radius 2 is 2.10 bits per heavy atom. The maximum absolute atomic E-state index is 13.8. The van der Waals surface area contributed by atoms with E-state index in [0.29, 0.717) is 13.0 Å². The van der Waals surface area contributed by atoms with Gasteiger partial charge in [0.05, 0.1) is 10.5 Å². The van der Waals surface area contributed by atoms with E-state index in [1.807, 2.05) is 0 Å². The minimum atomic E-state index is -4.04. The molecule has 0 radical (unpaired) electrons. The Labute approximate surface area is 127 Å². The average Bonchev–Trinajstić information content (AvgIpc) is 2.34. The maximum Gasteiger partial charge on any atom is 0.261 e. The number of amides is 1. The molecule has 0 aliphatic carbocycles. The summed E-state index contributed by atoms with van der Waals surface area (Å²) in [5.41, 5.74) is -0.212. The van der Waals surface area contributed by atoms with Crippen molar-refractivity contribution in [2.75, 3.05) is 13.7 Å². The highest BCUT2D eigenvalue weighted by Crippen LogP contribution is 2.23. The molecule has 21 heavy (non-hydrogen) atoms. The van der Waals surface area contributed by atoms with E-state index in [9.17, 15) is 17.6 Å². The smallest absolute Gasteiger partial charge is 0.261 e. The number of halogens is 2. The first kappa shape index (κ1) is 17.9. The number of hydrogen-bond acceptors (Lipinski definition) is 4. The molecule has 0 aliphatic rings. The topological polar surface area (TPSA) is 72.5 Å². The van der Waals surface area contributed by atoms with Crippen molar-refractivity contribution < 1.29 is 22.3 Å². The molecule has 1 aromatic carbocycles. The summed E-state index contributed by atoms with van der Waals surface area (Å²) in [5.74, 6) is -1.49. The van der Waals surface area contributed by atoms with E-state index in [1.54, 1.807) is 6.92 Å². The van der Waals surface area contributed by atoms with Crippen LogP contribution < -0.4 is 5.32 Å². The second-order valence-electron chi connectivity index (χ2n) is 4.69. The number of rotatable bonds is 6. The van der Waals surface area contributed by atoms with E-state index in [0.717, 1.165) is 12.1 Å². The fraction of sp³-hybridized carbons (Fsp3) is 0.462. The number of aryl methyl sites for hydroxylation is 1. The zero-order valence-corrected chi connectivity index (χ0v) is 13.5. The summed E-state index contributed by atoms with van der Waals surface area (Å²) in [5, 5.41) is 2.57. The summed E-state index contributed by atoms with van der Waals surface area (Å²) < 4.78 is 41.5. The van der Waals surface area contributed by atoms with Gasteiger partial charge in [0, 0.05) is 30.4 Å². The Morgan fingerprint density at radius 1 is 1.48 bits per heavy atom. The third-order valence-electron chi connectivity index (χ3n) is 2.90. The van der Waals surface area contributed by atoms with Gasteiger partial charge in [-0.15, -0.1) is 0 Å². The van der Waals surface area contributed by atoms with Crippen molar-refractivity contribution in [1.29, 1.82) is 0 Å². The molecule has 1 atom stereocenters. The van der Waals surface area contributed by atoms with E-state index in [2.05, 4.69) is 5.32 Å². The van der Waals surface area contributed by atoms with Crippen LogP contribution in [0.1, 0.15) is 29.3 Å². The molecule has 1 N–H and O–H groups in total. The van der Waals surface area contributed by atoms with Gasteiger partial charge in [0.2, 0.25) is 0 Å². The van der Waals surface area contributed by atoms with Crippen molar-refractivity contribution in [3.05, 3.63) is 29.1 Å². The minimum absolute atomic E-state index is 0.145. The normalized spacial score (nSPS) is 13.0. The van der Waals surface area contributed by atoms with Crippen molar-refractivity contribution in [2.45, 2.75) is 31.2 Å². The van der Waals surface area contributed by atoms with E-state index in [-0.39, 0.29) is 22.1 Å². The molecule has 5 nitrogen and oxygen atoms in total. The van der Waals surface area contributed by atoms with Gasteiger partial charge in [-0.2, -0.15) is 0 Å². The lowest BCUT2D eigenvalue weighted by Crippen LogP contribution is -2.34. The molecule has 1 aromatic rings. The summed E-state index contributed by atoms with van der Waals surface area (Å²) in [4.78, 5) is 11.7. The third-order valence-corrected chi connectivity index (χ3v) is 4.37. The van der Waals surface area contributed by atoms with Crippen molar-refractivity contribution in [2.24, 2.45) is 0 Å². The Hall–Kier alpha value is -1.18. The highest BCUT2D eigenvalue weighted by molar-refractivity contribution is 8.13. The summed E-state index contributed by atoms with van der Waals surface area (Å²) in [6, 6.07) is 1.68.